The number of imide groups is 1. The van der Waals surface area contributed by atoms with Gasteiger partial charge in [-0.15, -0.1) is 0 Å². The minimum absolute atomic E-state index is 0.123. The quantitative estimate of drug-likeness (QED) is 0.699. The molecule has 0 bridgehead atoms. The van der Waals surface area contributed by atoms with Crippen molar-refractivity contribution in [3.8, 4) is 5.75 Å². The Morgan fingerprint density at radius 3 is 2.39 bits per heavy atom. The van der Waals surface area contributed by atoms with Gasteiger partial charge in [-0.05, 0) is 48.7 Å². The zero-order valence-electron chi connectivity index (χ0n) is 19.6. The summed E-state index contributed by atoms with van der Waals surface area (Å²) in [5.41, 5.74) is 3.42. The van der Waals surface area contributed by atoms with E-state index in [2.05, 4.69) is 19.2 Å². The van der Waals surface area contributed by atoms with E-state index >= 15 is 0 Å². The highest BCUT2D eigenvalue weighted by molar-refractivity contribution is 6.14. The molecule has 0 unspecified atom stereocenters. The first-order valence-electron chi connectivity index (χ1n) is 11.5. The number of ether oxygens (including phenoxy) is 1. The smallest absolute Gasteiger partial charge is 0.291 e. The van der Waals surface area contributed by atoms with Crippen molar-refractivity contribution in [2.75, 3.05) is 12.4 Å². The van der Waals surface area contributed by atoms with Crippen LogP contribution in [0.2, 0.25) is 0 Å². The van der Waals surface area contributed by atoms with Crippen LogP contribution in [-0.4, -0.2) is 35.8 Å². The lowest BCUT2D eigenvalue weighted by molar-refractivity contribution is -0.738. The normalized spacial score (nSPS) is 28.0. The van der Waals surface area contributed by atoms with E-state index in [-0.39, 0.29) is 36.2 Å². The molecule has 2 aromatic rings. The summed E-state index contributed by atoms with van der Waals surface area (Å²) in [5.74, 6) is -1.06. The van der Waals surface area contributed by atoms with Crippen molar-refractivity contribution in [1.29, 1.82) is 0 Å². The van der Waals surface area contributed by atoms with E-state index in [1.165, 1.54) is 4.90 Å². The molecule has 7 heteroatoms. The number of fused-ring (bicyclic) bond motifs is 4. The Bertz CT molecular complexity index is 1170. The number of nitrogens with one attached hydrogen (secondary N) is 1. The second-order valence-electron chi connectivity index (χ2n) is 9.86. The highest BCUT2D eigenvalue weighted by atomic mass is 16.5. The maximum Gasteiger partial charge on any atom is 0.291 e. The average Bonchev–Trinajstić information content (AvgIpc) is 3.38. The number of amides is 3. The number of hydrogen-bond acceptors (Lipinski definition) is 4. The predicted molar refractivity (Wildman–Crippen MR) is 122 cm³/mol. The number of quaternary nitrogens is 1. The molecule has 172 valence electrons. The van der Waals surface area contributed by atoms with Crippen LogP contribution in [0.5, 0.6) is 5.75 Å². The first-order valence-corrected chi connectivity index (χ1v) is 11.5. The van der Waals surface area contributed by atoms with Crippen LogP contribution in [0.1, 0.15) is 36.1 Å². The van der Waals surface area contributed by atoms with Crippen molar-refractivity contribution >= 4 is 23.4 Å². The highest BCUT2D eigenvalue weighted by Crippen LogP contribution is 2.51. The van der Waals surface area contributed by atoms with Crippen LogP contribution in [0, 0.1) is 31.6 Å². The molecular weight excluding hydrogens is 418 g/mol. The molecule has 33 heavy (non-hydrogen) atoms. The molecule has 0 radical (unpaired) electrons. The highest BCUT2D eigenvalue weighted by Gasteiger charge is 2.74. The molecule has 7 nitrogen and oxygen atoms in total. The minimum Gasteiger partial charge on any atom is -0.497 e. The molecule has 0 aliphatic carbocycles. The van der Waals surface area contributed by atoms with Gasteiger partial charge in [-0.2, -0.15) is 0 Å². The molecule has 3 aliphatic rings. The molecule has 3 amide bonds. The fourth-order valence-electron chi connectivity index (χ4n) is 5.94. The summed E-state index contributed by atoms with van der Waals surface area (Å²) in [6, 6.07) is 11.1. The van der Waals surface area contributed by atoms with Crippen molar-refractivity contribution in [3.05, 3.63) is 58.7 Å². The predicted octanol–water partition coefficient (Wildman–Crippen LogP) is 1.86. The molecule has 0 aromatic heterocycles. The summed E-state index contributed by atoms with van der Waals surface area (Å²) in [6.45, 7) is 8.28. The van der Waals surface area contributed by atoms with Crippen molar-refractivity contribution in [2.45, 2.75) is 45.8 Å². The zero-order chi connectivity index (χ0) is 23.7. The number of aryl methyl sites for hydroxylation is 1. The first kappa shape index (κ1) is 21.6. The van der Waals surface area contributed by atoms with E-state index < -0.39 is 17.4 Å². The third-order valence-electron chi connectivity index (χ3n) is 7.87. The van der Waals surface area contributed by atoms with Crippen LogP contribution in [0.3, 0.4) is 0 Å². The zero-order valence-corrected chi connectivity index (χ0v) is 19.6. The number of anilines is 1. The summed E-state index contributed by atoms with van der Waals surface area (Å²) >= 11 is 0. The van der Waals surface area contributed by atoms with E-state index in [1.54, 1.807) is 7.11 Å². The van der Waals surface area contributed by atoms with Crippen LogP contribution in [0.4, 0.5) is 5.69 Å². The monoisotopic (exact) mass is 448 g/mol. The topological polar surface area (TPSA) is 92.3 Å². The minimum atomic E-state index is -1.12. The number of likely N-dealkylation sites (tertiary alicyclic amines) is 1. The number of rotatable bonds is 4. The summed E-state index contributed by atoms with van der Waals surface area (Å²) in [4.78, 5) is 42.4. The largest absolute Gasteiger partial charge is 0.497 e. The summed E-state index contributed by atoms with van der Waals surface area (Å²) in [6.07, 6.45) is 0. The Balaban J connectivity index is 1.59. The molecule has 0 saturated carbocycles. The van der Waals surface area contributed by atoms with Gasteiger partial charge in [-0.3, -0.25) is 19.3 Å². The fraction of sp³-hybridized carbons (Fsp3) is 0.423. The number of carbonyl (C=O) groups is 3. The second-order valence-corrected chi connectivity index (χ2v) is 9.86. The van der Waals surface area contributed by atoms with Gasteiger partial charge in [0.15, 0.2) is 0 Å². The summed E-state index contributed by atoms with van der Waals surface area (Å²) in [5, 5.41) is 5.06. The van der Waals surface area contributed by atoms with Crippen molar-refractivity contribution in [1.82, 2.24) is 4.90 Å². The average molecular weight is 449 g/mol. The van der Waals surface area contributed by atoms with Gasteiger partial charge in [0, 0.05) is 11.5 Å². The van der Waals surface area contributed by atoms with E-state index in [1.807, 2.05) is 55.6 Å². The molecule has 3 heterocycles. The molecule has 1 spiro atoms. The van der Waals surface area contributed by atoms with Crippen molar-refractivity contribution in [3.63, 3.8) is 0 Å². The number of nitrogens with two attached hydrogens (primary N) is 1. The van der Waals surface area contributed by atoms with Crippen LogP contribution < -0.4 is 15.4 Å². The fourth-order valence-corrected chi connectivity index (χ4v) is 5.94. The Kier molecular flexibility index (Phi) is 4.86. The summed E-state index contributed by atoms with van der Waals surface area (Å²) < 4.78 is 5.21. The van der Waals surface area contributed by atoms with Gasteiger partial charge in [0.25, 0.3) is 5.91 Å². The second kappa shape index (κ2) is 7.42. The van der Waals surface area contributed by atoms with Crippen LogP contribution >= 0.6 is 0 Å². The number of benzene rings is 2. The summed E-state index contributed by atoms with van der Waals surface area (Å²) in [7, 11) is 1.60. The van der Waals surface area contributed by atoms with Crippen molar-refractivity contribution in [2.24, 2.45) is 17.8 Å². The lowest BCUT2D eigenvalue weighted by Crippen LogP contribution is -2.99. The lowest BCUT2D eigenvalue weighted by Gasteiger charge is -2.27. The number of nitrogens with zero attached hydrogens (tertiary/aromatic N) is 1. The lowest BCUT2D eigenvalue weighted by atomic mass is 9.75. The maximum atomic E-state index is 13.8. The Morgan fingerprint density at radius 2 is 1.76 bits per heavy atom. The van der Waals surface area contributed by atoms with E-state index in [0.717, 1.165) is 27.9 Å². The molecular formula is C26H30N3O4+. The molecule has 2 saturated heterocycles. The number of methoxy groups -OCH3 is 1. The van der Waals surface area contributed by atoms with Gasteiger partial charge < -0.3 is 15.4 Å². The number of hydrogen-bond donors (Lipinski definition) is 2. The molecule has 3 aliphatic heterocycles. The van der Waals surface area contributed by atoms with Crippen LogP contribution in [0.25, 0.3) is 0 Å². The van der Waals surface area contributed by atoms with E-state index in [9.17, 15) is 14.4 Å². The van der Waals surface area contributed by atoms with Gasteiger partial charge >= 0.3 is 0 Å². The SMILES string of the molecule is COc1ccc(CN2C(=O)[C@@H]3[C@@H](C(C)C)[NH2+][C@]4(C(=O)Nc5c4ccc(C)c5C)[C@@H]3C2=O)cc1. The van der Waals surface area contributed by atoms with Crippen LogP contribution in [-0.2, 0) is 26.5 Å². The third kappa shape index (κ3) is 2.88. The molecule has 3 N–H and O–H groups in total. The molecule has 4 atom stereocenters. The third-order valence-corrected chi connectivity index (χ3v) is 7.87. The van der Waals surface area contributed by atoms with Crippen LogP contribution in [0.15, 0.2) is 36.4 Å². The number of carbonyl (C=O) groups excluding carboxylic acids is 3. The Hall–Kier alpha value is -3.19. The van der Waals surface area contributed by atoms with Crippen molar-refractivity contribution < 1.29 is 24.4 Å². The first-order chi connectivity index (χ1) is 15.7. The van der Waals surface area contributed by atoms with Gasteiger partial charge in [0.05, 0.1) is 19.3 Å². The molecule has 5 rings (SSSR count). The Morgan fingerprint density at radius 1 is 1.06 bits per heavy atom. The Labute approximate surface area is 193 Å². The molecule has 2 fully saturated rings. The standard InChI is InChI=1S/C26H29N3O4/c1-13(2)21-19-20(24(31)29(23(19)30)12-16-7-9-17(33-5)10-8-16)26(28-21)18-11-6-14(3)15(4)22(18)27-25(26)32/h6-11,13,19-21,28H,12H2,1-5H3,(H,27,32)/p+1/t19-,20-,21+,26-/m0/s1. The van der Waals surface area contributed by atoms with E-state index in [0.29, 0.717) is 5.75 Å². The van der Waals surface area contributed by atoms with Gasteiger partial charge in [-0.1, -0.05) is 32.0 Å². The van der Waals surface area contributed by atoms with Gasteiger partial charge in [-0.25, -0.2) is 0 Å². The van der Waals surface area contributed by atoms with Gasteiger partial charge in [0.1, 0.15) is 23.6 Å². The molecule has 2 aromatic carbocycles. The van der Waals surface area contributed by atoms with Gasteiger partial charge in [0.2, 0.25) is 17.4 Å². The maximum absolute atomic E-state index is 13.8. The van der Waals surface area contributed by atoms with E-state index in [4.69, 9.17) is 4.74 Å².